The second kappa shape index (κ2) is 7.59. The molecule has 0 fully saturated rings. The van der Waals surface area contributed by atoms with E-state index in [4.69, 9.17) is 0 Å². The van der Waals surface area contributed by atoms with Gasteiger partial charge in [0.25, 0.3) is 0 Å². The molecule has 0 saturated heterocycles. The molecule has 3 aromatic carbocycles. The minimum Gasteiger partial charge on any atom is -0.293 e. The van der Waals surface area contributed by atoms with Crippen molar-refractivity contribution in [1.29, 1.82) is 0 Å². The highest BCUT2D eigenvalue weighted by atomic mass is 32.2. The molecule has 0 spiro atoms. The number of Topliss-reactive ketones (excluding diaryl/α,β-unsaturated/α-hetero) is 1. The second-order valence-electron chi connectivity index (χ2n) is 5.62. The summed E-state index contributed by atoms with van der Waals surface area (Å²) in [7, 11) is -3.87. The lowest BCUT2D eigenvalue weighted by Crippen LogP contribution is -2.30. The first-order valence-electron chi connectivity index (χ1n) is 7.90. The number of carbonyl (C=O) groups is 1. The summed E-state index contributed by atoms with van der Waals surface area (Å²) >= 11 is 0. The molecule has 132 valence electrons. The van der Waals surface area contributed by atoms with Crippen LogP contribution >= 0.6 is 0 Å². The largest absolute Gasteiger partial charge is 0.293 e. The predicted molar refractivity (Wildman–Crippen MR) is 97.8 cm³/mol. The first-order valence-corrected chi connectivity index (χ1v) is 9.38. The molecule has 4 nitrogen and oxygen atoms in total. The molecule has 0 saturated carbocycles. The molecule has 6 heteroatoms. The highest BCUT2D eigenvalue weighted by molar-refractivity contribution is 7.89. The highest BCUT2D eigenvalue weighted by Crippen LogP contribution is 2.21. The Morgan fingerprint density at radius 2 is 1.38 bits per heavy atom. The van der Waals surface area contributed by atoms with Gasteiger partial charge < -0.3 is 0 Å². The summed E-state index contributed by atoms with van der Waals surface area (Å²) in [5, 5.41) is 0. The summed E-state index contributed by atoms with van der Waals surface area (Å²) in [6.07, 6.45) is 0. The van der Waals surface area contributed by atoms with E-state index in [9.17, 15) is 17.6 Å². The van der Waals surface area contributed by atoms with E-state index in [1.165, 1.54) is 30.3 Å². The van der Waals surface area contributed by atoms with Gasteiger partial charge in [-0.25, -0.2) is 17.5 Å². The van der Waals surface area contributed by atoms with Crippen molar-refractivity contribution in [3.8, 4) is 11.1 Å². The fraction of sp³-hybridized carbons (Fsp3) is 0.0500. The third kappa shape index (κ3) is 4.04. The zero-order chi connectivity index (χ0) is 18.6. The van der Waals surface area contributed by atoms with Crippen LogP contribution < -0.4 is 4.72 Å². The Kier molecular flexibility index (Phi) is 5.25. The van der Waals surface area contributed by atoms with Crippen molar-refractivity contribution in [2.45, 2.75) is 4.90 Å². The van der Waals surface area contributed by atoms with Gasteiger partial charge in [0.05, 0.1) is 17.0 Å². The first kappa shape index (κ1) is 18.0. The molecular formula is C20H16FNO3S. The fourth-order valence-electron chi connectivity index (χ4n) is 2.48. The average Bonchev–Trinajstić information content (AvgIpc) is 2.67. The summed E-state index contributed by atoms with van der Waals surface area (Å²) in [6.45, 7) is -0.510. The number of halogens is 1. The van der Waals surface area contributed by atoms with E-state index < -0.39 is 28.2 Å². The maximum Gasteiger partial charge on any atom is 0.240 e. The van der Waals surface area contributed by atoms with Crippen LogP contribution in [-0.2, 0) is 10.0 Å². The highest BCUT2D eigenvalue weighted by Gasteiger charge is 2.18. The summed E-state index contributed by atoms with van der Waals surface area (Å²) in [6, 6.07) is 21.3. The Balaban J connectivity index is 1.72. The number of rotatable bonds is 6. The van der Waals surface area contributed by atoms with E-state index in [0.717, 1.165) is 17.2 Å². The van der Waals surface area contributed by atoms with Gasteiger partial charge in [0, 0.05) is 0 Å². The number of sulfonamides is 1. The number of benzene rings is 3. The summed E-state index contributed by atoms with van der Waals surface area (Å²) in [5.74, 6) is -1.31. The summed E-state index contributed by atoms with van der Waals surface area (Å²) in [4.78, 5) is 12.1. The van der Waals surface area contributed by atoms with Crippen molar-refractivity contribution in [2.75, 3.05) is 6.54 Å². The Hall–Kier alpha value is -2.83. The lowest BCUT2D eigenvalue weighted by atomic mass is 10.1. The zero-order valence-electron chi connectivity index (χ0n) is 13.7. The van der Waals surface area contributed by atoms with E-state index in [0.29, 0.717) is 0 Å². The van der Waals surface area contributed by atoms with Gasteiger partial charge in [-0.15, -0.1) is 0 Å². The molecule has 0 heterocycles. The van der Waals surface area contributed by atoms with E-state index in [2.05, 4.69) is 4.72 Å². The van der Waals surface area contributed by atoms with Crippen molar-refractivity contribution < 1.29 is 17.6 Å². The van der Waals surface area contributed by atoms with Crippen LogP contribution in [0.5, 0.6) is 0 Å². The molecule has 0 bridgehead atoms. The Morgan fingerprint density at radius 1 is 0.808 bits per heavy atom. The molecule has 0 aliphatic carbocycles. The van der Waals surface area contributed by atoms with Crippen LogP contribution in [0.3, 0.4) is 0 Å². The zero-order valence-corrected chi connectivity index (χ0v) is 14.5. The molecule has 0 unspecified atom stereocenters. The average molecular weight is 369 g/mol. The lowest BCUT2D eigenvalue weighted by Gasteiger charge is -2.08. The molecular weight excluding hydrogens is 353 g/mol. The van der Waals surface area contributed by atoms with Crippen molar-refractivity contribution in [2.24, 2.45) is 0 Å². The van der Waals surface area contributed by atoms with Crippen molar-refractivity contribution >= 4 is 15.8 Å². The van der Waals surface area contributed by atoms with Gasteiger partial charge in [-0.3, -0.25) is 4.79 Å². The van der Waals surface area contributed by atoms with Gasteiger partial charge in [-0.05, 0) is 35.4 Å². The van der Waals surface area contributed by atoms with Gasteiger partial charge in [0.15, 0.2) is 5.78 Å². The van der Waals surface area contributed by atoms with Crippen LogP contribution in [0.4, 0.5) is 4.39 Å². The molecule has 3 aromatic rings. The topological polar surface area (TPSA) is 63.2 Å². The number of ketones is 1. The SMILES string of the molecule is O=C(CNS(=O)(=O)c1ccc(-c2ccccc2)cc1)c1ccccc1F. The molecule has 0 amide bonds. The number of nitrogens with one attached hydrogen (secondary N) is 1. The van der Waals surface area contributed by atoms with Crippen LogP contribution in [0.15, 0.2) is 83.8 Å². The third-order valence-electron chi connectivity index (χ3n) is 3.87. The van der Waals surface area contributed by atoms with Gasteiger partial charge >= 0.3 is 0 Å². The van der Waals surface area contributed by atoms with E-state index >= 15 is 0 Å². The molecule has 0 aromatic heterocycles. The molecule has 0 aliphatic rings. The molecule has 0 aliphatic heterocycles. The van der Waals surface area contributed by atoms with Gasteiger partial charge in [0.2, 0.25) is 10.0 Å². The van der Waals surface area contributed by atoms with Crippen molar-refractivity contribution in [3.05, 3.63) is 90.2 Å². The quantitative estimate of drug-likeness (QED) is 0.675. The van der Waals surface area contributed by atoms with Gasteiger partial charge in [-0.2, -0.15) is 0 Å². The molecule has 26 heavy (non-hydrogen) atoms. The normalized spacial score (nSPS) is 11.3. The lowest BCUT2D eigenvalue weighted by molar-refractivity contribution is 0.0993. The molecule has 0 radical (unpaired) electrons. The number of hydrogen-bond acceptors (Lipinski definition) is 3. The van der Waals surface area contributed by atoms with E-state index in [1.807, 2.05) is 30.3 Å². The van der Waals surface area contributed by atoms with Crippen LogP contribution in [0.25, 0.3) is 11.1 Å². The van der Waals surface area contributed by atoms with Gasteiger partial charge in [0.1, 0.15) is 5.82 Å². The summed E-state index contributed by atoms with van der Waals surface area (Å²) < 4.78 is 40.5. The number of hydrogen-bond donors (Lipinski definition) is 1. The Labute approximate surface area is 151 Å². The number of carbonyl (C=O) groups excluding carboxylic acids is 1. The van der Waals surface area contributed by atoms with Gasteiger partial charge in [-0.1, -0.05) is 54.6 Å². The predicted octanol–water partition coefficient (Wildman–Crippen LogP) is 3.65. The maximum absolute atomic E-state index is 13.6. The van der Waals surface area contributed by atoms with E-state index in [-0.39, 0.29) is 10.5 Å². The molecule has 3 rings (SSSR count). The monoisotopic (exact) mass is 369 g/mol. The van der Waals surface area contributed by atoms with Crippen LogP contribution in [0.2, 0.25) is 0 Å². The van der Waals surface area contributed by atoms with E-state index in [1.54, 1.807) is 12.1 Å². The second-order valence-corrected chi connectivity index (χ2v) is 7.38. The third-order valence-corrected chi connectivity index (χ3v) is 5.29. The van der Waals surface area contributed by atoms with Crippen molar-refractivity contribution in [3.63, 3.8) is 0 Å². The van der Waals surface area contributed by atoms with Crippen LogP contribution in [-0.4, -0.2) is 20.7 Å². The molecule has 0 atom stereocenters. The first-order chi connectivity index (χ1) is 12.5. The van der Waals surface area contributed by atoms with Crippen LogP contribution in [0, 0.1) is 5.82 Å². The maximum atomic E-state index is 13.6. The minimum atomic E-state index is -3.87. The summed E-state index contributed by atoms with van der Waals surface area (Å²) in [5.41, 5.74) is 1.71. The smallest absolute Gasteiger partial charge is 0.240 e. The van der Waals surface area contributed by atoms with Crippen LogP contribution in [0.1, 0.15) is 10.4 Å². The minimum absolute atomic E-state index is 0.0403. The fourth-order valence-corrected chi connectivity index (χ4v) is 3.47. The standard InChI is InChI=1S/C20H16FNO3S/c21-19-9-5-4-8-18(19)20(23)14-22-26(24,25)17-12-10-16(11-13-17)15-6-2-1-3-7-15/h1-13,22H,14H2. The Morgan fingerprint density at radius 3 is 2.04 bits per heavy atom. The Bertz CT molecular complexity index is 1020. The van der Waals surface area contributed by atoms with Crippen molar-refractivity contribution in [1.82, 2.24) is 4.72 Å². The molecule has 1 N–H and O–H groups in total.